The van der Waals surface area contributed by atoms with Crippen molar-refractivity contribution in [3.8, 4) is 0 Å². The van der Waals surface area contributed by atoms with Gasteiger partial charge in [0.1, 0.15) is 12.4 Å². The number of furan rings is 1. The average molecular weight is 251 g/mol. The predicted octanol–water partition coefficient (Wildman–Crippen LogP) is 1.30. The van der Waals surface area contributed by atoms with Crippen LogP contribution in [0.5, 0.6) is 0 Å². The third kappa shape index (κ3) is 1.83. The van der Waals surface area contributed by atoms with Crippen LogP contribution in [0.4, 0.5) is 0 Å². The number of hydrogen-bond donors (Lipinski definition) is 0. The maximum absolute atomic E-state index is 12.4. The minimum Gasteiger partial charge on any atom is -0.472 e. The molecule has 2 heterocycles. The summed E-state index contributed by atoms with van der Waals surface area (Å²) in [5, 5.41) is 0. The lowest BCUT2D eigenvalue weighted by Gasteiger charge is -2.38. The number of nitrogens with zero attached hydrogens (tertiary/aromatic N) is 1. The molecular formula is C13H17NO4. The summed E-state index contributed by atoms with van der Waals surface area (Å²) in [7, 11) is 1.70. The van der Waals surface area contributed by atoms with Gasteiger partial charge in [0.15, 0.2) is 0 Å². The summed E-state index contributed by atoms with van der Waals surface area (Å²) in [4.78, 5) is 14.3. The molecule has 18 heavy (non-hydrogen) atoms. The second-order valence-electron chi connectivity index (χ2n) is 4.76. The van der Waals surface area contributed by atoms with Crippen molar-refractivity contribution in [1.82, 2.24) is 4.90 Å². The van der Waals surface area contributed by atoms with Crippen LogP contribution in [0, 0.1) is 0 Å². The van der Waals surface area contributed by atoms with Crippen LogP contribution < -0.4 is 0 Å². The fourth-order valence-electron chi connectivity index (χ4n) is 2.97. The summed E-state index contributed by atoms with van der Waals surface area (Å²) < 4.78 is 16.2. The summed E-state index contributed by atoms with van der Waals surface area (Å²) in [6.07, 6.45) is 5.02. The van der Waals surface area contributed by atoms with Crippen molar-refractivity contribution in [2.75, 3.05) is 20.3 Å². The molecule has 0 aromatic carbocycles. The van der Waals surface area contributed by atoms with Crippen molar-refractivity contribution in [1.29, 1.82) is 0 Å². The van der Waals surface area contributed by atoms with Crippen LogP contribution in [0.15, 0.2) is 23.0 Å². The lowest BCUT2D eigenvalue weighted by Crippen LogP contribution is -2.53. The van der Waals surface area contributed by atoms with Crippen molar-refractivity contribution in [2.24, 2.45) is 0 Å². The van der Waals surface area contributed by atoms with Gasteiger partial charge in [0, 0.05) is 13.7 Å². The SMILES string of the molecule is CO[C@@H]1CC[C@H]2[C@H]1OCCN2C(=O)c1ccoc1. The van der Waals surface area contributed by atoms with Crippen molar-refractivity contribution in [3.63, 3.8) is 0 Å². The Hall–Kier alpha value is -1.33. The van der Waals surface area contributed by atoms with E-state index in [4.69, 9.17) is 13.9 Å². The Morgan fingerprint density at radius 2 is 2.39 bits per heavy atom. The Balaban J connectivity index is 1.79. The molecule has 0 bridgehead atoms. The summed E-state index contributed by atoms with van der Waals surface area (Å²) in [6.45, 7) is 1.21. The molecule has 98 valence electrons. The van der Waals surface area contributed by atoms with E-state index in [1.54, 1.807) is 13.2 Å². The highest BCUT2D eigenvalue weighted by molar-refractivity contribution is 5.94. The van der Waals surface area contributed by atoms with Gasteiger partial charge < -0.3 is 18.8 Å². The van der Waals surface area contributed by atoms with Crippen LogP contribution in [-0.2, 0) is 9.47 Å². The van der Waals surface area contributed by atoms with Gasteiger partial charge in [0.25, 0.3) is 5.91 Å². The number of carbonyl (C=O) groups excluding carboxylic acids is 1. The second kappa shape index (κ2) is 4.74. The fraction of sp³-hybridized carbons (Fsp3) is 0.615. The molecule has 1 aliphatic carbocycles. The van der Waals surface area contributed by atoms with Gasteiger partial charge in [-0.05, 0) is 18.9 Å². The van der Waals surface area contributed by atoms with Gasteiger partial charge in [-0.3, -0.25) is 4.79 Å². The number of amides is 1. The molecule has 0 spiro atoms. The van der Waals surface area contributed by atoms with E-state index < -0.39 is 0 Å². The van der Waals surface area contributed by atoms with Gasteiger partial charge in [-0.2, -0.15) is 0 Å². The molecule has 2 fully saturated rings. The topological polar surface area (TPSA) is 51.9 Å². The highest BCUT2D eigenvalue weighted by Gasteiger charge is 2.44. The number of fused-ring (bicyclic) bond motifs is 1. The molecule has 2 aliphatic rings. The van der Waals surface area contributed by atoms with Gasteiger partial charge in [0.2, 0.25) is 0 Å². The molecule has 0 N–H and O–H groups in total. The van der Waals surface area contributed by atoms with E-state index in [2.05, 4.69) is 0 Å². The highest BCUT2D eigenvalue weighted by Crippen LogP contribution is 2.32. The Kier molecular flexibility index (Phi) is 3.09. The van der Waals surface area contributed by atoms with Gasteiger partial charge in [-0.15, -0.1) is 0 Å². The quantitative estimate of drug-likeness (QED) is 0.795. The van der Waals surface area contributed by atoms with Crippen LogP contribution in [0.3, 0.4) is 0 Å². The van der Waals surface area contributed by atoms with E-state index in [0.717, 1.165) is 12.8 Å². The lowest BCUT2D eigenvalue weighted by molar-refractivity contribution is -0.0946. The molecule has 1 aromatic heterocycles. The molecule has 1 amide bonds. The van der Waals surface area contributed by atoms with Crippen molar-refractivity contribution in [2.45, 2.75) is 31.1 Å². The number of hydrogen-bond acceptors (Lipinski definition) is 4. The van der Waals surface area contributed by atoms with Crippen LogP contribution in [0.1, 0.15) is 23.2 Å². The maximum atomic E-state index is 12.4. The van der Waals surface area contributed by atoms with Gasteiger partial charge in [-0.25, -0.2) is 0 Å². The van der Waals surface area contributed by atoms with Crippen molar-refractivity contribution < 1.29 is 18.7 Å². The Morgan fingerprint density at radius 1 is 1.50 bits per heavy atom. The molecule has 3 atom stereocenters. The summed E-state index contributed by atoms with van der Waals surface area (Å²) in [6, 6.07) is 1.83. The van der Waals surface area contributed by atoms with Crippen LogP contribution in [-0.4, -0.2) is 49.3 Å². The van der Waals surface area contributed by atoms with Gasteiger partial charge >= 0.3 is 0 Å². The third-order valence-electron chi connectivity index (χ3n) is 3.87. The molecule has 0 radical (unpaired) electrons. The first-order valence-electron chi connectivity index (χ1n) is 6.29. The largest absolute Gasteiger partial charge is 0.472 e. The predicted molar refractivity (Wildman–Crippen MR) is 63.3 cm³/mol. The zero-order valence-electron chi connectivity index (χ0n) is 10.4. The summed E-state index contributed by atoms with van der Waals surface area (Å²) in [5.41, 5.74) is 0.608. The zero-order chi connectivity index (χ0) is 12.5. The average Bonchev–Trinajstić information content (AvgIpc) is 3.06. The first kappa shape index (κ1) is 11.7. The van der Waals surface area contributed by atoms with Crippen LogP contribution in [0.2, 0.25) is 0 Å². The fourth-order valence-corrected chi connectivity index (χ4v) is 2.97. The number of carbonyl (C=O) groups is 1. The van der Waals surface area contributed by atoms with Crippen molar-refractivity contribution >= 4 is 5.91 Å². The molecule has 1 aromatic rings. The molecule has 5 nitrogen and oxygen atoms in total. The van der Waals surface area contributed by atoms with Crippen LogP contribution >= 0.6 is 0 Å². The number of ether oxygens (including phenoxy) is 2. The molecule has 5 heteroatoms. The summed E-state index contributed by atoms with van der Waals surface area (Å²) >= 11 is 0. The second-order valence-corrected chi connectivity index (χ2v) is 4.76. The highest BCUT2D eigenvalue weighted by atomic mass is 16.5. The maximum Gasteiger partial charge on any atom is 0.257 e. The monoisotopic (exact) mass is 251 g/mol. The van der Waals surface area contributed by atoms with E-state index in [9.17, 15) is 4.79 Å². The Labute approximate surface area is 106 Å². The van der Waals surface area contributed by atoms with E-state index in [1.165, 1.54) is 12.5 Å². The first-order chi connectivity index (χ1) is 8.81. The lowest BCUT2D eigenvalue weighted by atomic mass is 10.1. The standard InChI is InChI=1S/C13H17NO4/c1-16-11-3-2-10-12(11)18-7-5-14(10)13(15)9-4-6-17-8-9/h4,6,8,10-12H,2-3,5,7H2,1H3/t10-,11+,12+/m0/s1. The van der Waals surface area contributed by atoms with Gasteiger partial charge in [0.05, 0.1) is 30.6 Å². The number of morpholine rings is 1. The van der Waals surface area contributed by atoms with Crippen LogP contribution in [0.25, 0.3) is 0 Å². The minimum atomic E-state index is 0.0135. The molecule has 1 saturated carbocycles. The zero-order valence-corrected chi connectivity index (χ0v) is 10.4. The Morgan fingerprint density at radius 3 is 3.11 bits per heavy atom. The molecule has 1 aliphatic heterocycles. The molecule has 1 saturated heterocycles. The minimum absolute atomic E-state index is 0.0135. The van der Waals surface area contributed by atoms with E-state index >= 15 is 0 Å². The van der Waals surface area contributed by atoms with E-state index in [0.29, 0.717) is 18.7 Å². The molecule has 0 unspecified atom stereocenters. The summed E-state index contributed by atoms with van der Waals surface area (Å²) in [5.74, 6) is 0.0267. The Bertz CT molecular complexity index is 417. The molecular weight excluding hydrogens is 234 g/mol. The third-order valence-corrected chi connectivity index (χ3v) is 3.87. The van der Waals surface area contributed by atoms with Crippen molar-refractivity contribution in [3.05, 3.63) is 24.2 Å². The van der Waals surface area contributed by atoms with Gasteiger partial charge in [-0.1, -0.05) is 0 Å². The molecule has 3 rings (SSSR count). The first-order valence-corrected chi connectivity index (χ1v) is 6.29. The van der Waals surface area contributed by atoms with E-state index in [-0.39, 0.29) is 24.2 Å². The van der Waals surface area contributed by atoms with E-state index in [1.807, 2.05) is 4.90 Å². The number of rotatable bonds is 2. The smallest absolute Gasteiger partial charge is 0.257 e. The normalized spacial score (nSPS) is 31.4. The number of methoxy groups -OCH3 is 1.